The van der Waals surface area contributed by atoms with E-state index in [1.165, 1.54) is 97.1 Å². The zero-order valence-electron chi connectivity index (χ0n) is 70.4. The topological polar surface area (TPSA) is 316 Å². The number of nitrogens with one attached hydrogen (secondary N) is 1. The van der Waals surface area contributed by atoms with Crippen molar-refractivity contribution in [2.24, 2.45) is 5.92 Å². The molecule has 2 saturated heterocycles. The fourth-order valence-electron chi connectivity index (χ4n) is 14.4. The predicted octanol–water partition coefficient (Wildman–Crippen LogP) is 16.9. The summed E-state index contributed by atoms with van der Waals surface area (Å²) in [4.78, 5) is 135. The van der Waals surface area contributed by atoms with Gasteiger partial charge in [-0.25, -0.2) is 43.2 Å². The van der Waals surface area contributed by atoms with Crippen molar-refractivity contribution in [2.75, 3.05) is 19.8 Å². The van der Waals surface area contributed by atoms with Crippen LogP contribution in [0.25, 0.3) is 0 Å². The van der Waals surface area contributed by atoms with Crippen molar-refractivity contribution in [3.63, 3.8) is 0 Å². The molecule has 13 rings (SSSR count). The average molecular weight is 1790 g/mol. The minimum absolute atomic E-state index is 0.0116. The lowest BCUT2D eigenvalue weighted by Crippen LogP contribution is -2.67. The number of halogens is 3. The van der Waals surface area contributed by atoms with E-state index in [2.05, 4.69) is 0 Å². The van der Waals surface area contributed by atoms with Gasteiger partial charge in [-0.2, -0.15) is 0 Å². The summed E-state index contributed by atoms with van der Waals surface area (Å²) in [6.45, 7) is 11.7. The van der Waals surface area contributed by atoms with Gasteiger partial charge in [0.05, 0.1) is 76.0 Å². The standard InChI is InChI=1S/C99H92Cl3NO24/c1-56-19-35-66(36-20-56)87(104)114-53-74-51-75(80(121-91(108)69-41-25-59(4)26-42-69)82(123-93(110)71-45-29-61(6)30-46-71)78(74)120-90(107)68-39-23-58(3)24-40-68)117-83-79(113-52-64-15-11-9-12-16-64)76(119-97(127-98(103)99(100,101)102)86(83)126-89(106)65-17-13-10-14-18-65)55-116-96-85(125-95(112)73-49-33-63(8)34-50-73)84(124-94(111)72-47-31-62(7)32-48-72)81(122-92(109)70-43-27-60(5)28-44-70)77(118-96)54-115-88(105)67-37-21-57(2)22-38-67/h9-50,74-86,96-97,103H,51-55H2,1-8H3/t74-,75-,76-,77-,78-,79-,80+,81-,82+,83+,84+,85-,86-,96-,97?/m1/s1. The largest absolute Gasteiger partial charge is 0.462 e. The minimum Gasteiger partial charge on any atom is -0.462 e. The second-order valence-corrected chi connectivity index (χ2v) is 33.6. The van der Waals surface area contributed by atoms with Gasteiger partial charge in [-0.1, -0.05) is 225 Å². The lowest BCUT2D eigenvalue weighted by Gasteiger charge is -2.50. The van der Waals surface area contributed by atoms with E-state index >= 15 is 28.8 Å². The van der Waals surface area contributed by atoms with Gasteiger partial charge >= 0.3 is 53.7 Å². The van der Waals surface area contributed by atoms with E-state index in [0.717, 1.165) is 44.5 Å². The Hall–Kier alpha value is -12.4. The number of benzene rings is 10. The van der Waals surface area contributed by atoms with Crippen LogP contribution in [0.2, 0.25) is 0 Å². The van der Waals surface area contributed by atoms with Crippen LogP contribution < -0.4 is 0 Å². The minimum atomic E-state index is -2.73. The Morgan fingerprint density at radius 2 is 0.591 bits per heavy atom. The Morgan fingerprint density at radius 1 is 0.299 bits per heavy atom. The van der Waals surface area contributed by atoms with Gasteiger partial charge in [0.2, 0.25) is 12.2 Å². The van der Waals surface area contributed by atoms with Crippen molar-refractivity contribution in [1.29, 1.82) is 5.41 Å². The number of hydrogen-bond donors (Lipinski definition) is 1. The lowest BCUT2D eigenvalue weighted by atomic mass is 9.80. The van der Waals surface area contributed by atoms with Crippen molar-refractivity contribution in [3.8, 4) is 0 Å². The van der Waals surface area contributed by atoms with Gasteiger partial charge in [0, 0.05) is 5.92 Å². The highest BCUT2D eigenvalue weighted by atomic mass is 35.6. The van der Waals surface area contributed by atoms with Crippen LogP contribution in [0.4, 0.5) is 0 Å². The molecule has 2 aliphatic heterocycles. The van der Waals surface area contributed by atoms with Crippen LogP contribution >= 0.6 is 34.8 Å². The molecule has 15 atom stereocenters. The van der Waals surface area contributed by atoms with Crippen molar-refractivity contribution in [3.05, 3.63) is 355 Å². The number of carbonyl (C=O) groups is 9. The van der Waals surface area contributed by atoms with Crippen LogP contribution in [-0.2, 0) is 77.7 Å². The Labute approximate surface area is 748 Å². The van der Waals surface area contributed by atoms with Gasteiger partial charge in [-0.15, -0.1) is 0 Å². The molecule has 1 N–H and O–H groups in total. The van der Waals surface area contributed by atoms with Crippen molar-refractivity contribution >= 4 is 94.4 Å². The Bertz CT molecular complexity index is 5510. The molecule has 3 aliphatic rings. The molecule has 28 heteroatoms. The number of esters is 9. The van der Waals surface area contributed by atoms with Crippen molar-refractivity contribution < 1.29 is 114 Å². The third kappa shape index (κ3) is 24.2. The number of hydrogen-bond acceptors (Lipinski definition) is 25. The molecule has 2 heterocycles. The molecule has 10 aromatic rings. The van der Waals surface area contributed by atoms with E-state index in [1.54, 1.807) is 192 Å². The molecule has 127 heavy (non-hydrogen) atoms. The molecule has 1 unspecified atom stereocenters. The van der Waals surface area contributed by atoms with Gasteiger partial charge < -0.3 is 71.1 Å². The summed E-state index contributed by atoms with van der Waals surface area (Å²) in [5.41, 5.74) is 6.80. The first-order chi connectivity index (χ1) is 60.9. The normalized spacial score (nSPS) is 22.0. The summed E-state index contributed by atoms with van der Waals surface area (Å²) >= 11 is 19.6. The SMILES string of the molecule is Cc1ccc(C(=O)OC[C@H]2C[C@@H](O[C@H]3[C@H](OCc4ccccc4)[C@@H](CO[C@@H]4O[C@H](COC(=O)c5ccc(C)cc5)[C@@H](OC(=O)c5ccc(C)cc5)[C@H](OC(=O)c5ccc(C)cc5)[C@H]4OC(=O)c4ccc(C)cc4)OC(OC(=N)C(Cl)(Cl)Cl)[C@@H]3OC(=O)c3ccccc3)[C@H](OC(=O)c3ccc(C)cc3)[C@@H](OC(=O)c3ccc(C)cc3)[C@@H]2OC(=O)c2ccc(C)cc2)cc1. The van der Waals surface area contributed by atoms with E-state index in [9.17, 15) is 19.8 Å². The summed E-state index contributed by atoms with van der Waals surface area (Å²) in [6, 6.07) is 66.9. The van der Waals surface area contributed by atoms with Crippen LogP contribution in [0.15, 0.2) is 255 Å². The maximum atomic E-state index is 15.5. The van der Waals surface area contributed by atoms with Crippen molar-refractivity contribution in [1.82, 2.24) is 0 Å². The third-order valence-corrected chi connectivity index (χ3v) is 22.1. The van der Waals surface area contributed by atoms with E-state index in [0.29, 0.717) is 5.56 Å². The molecule has 0 radical (unpaired) electrons. The quantitative estimate of drug-likeness (QED) is 0.0150. The summed E-state index contributed by atoms with van der Waals surface area (Å²) in [7, 11) is 0. The molecule has 3 fully saturated rings. The van der Waals surface area contributed by atoms with Crippen molar-refractivity contribution in [2.45, 2.75) is 158 Å². The highest BCUT2D eigenvalue weighted by molar-refractivity contribution is 6.76. The molecule has 25 nitrogen and oxygen atoms in total. The number of ether oxygens (including phenoxy) is 15. The molecule has 0 amide bonds. The molecule has 0 aromatic heterocycles. The number of aryl methyl sites for hydroxylation is 8. The Kier molecular flexibility index (Phi) is 30.7. The van der Waals surface area contributed by atoms with Gasteiger partial charge in [0.25, 0.3) is 3.79 Å². The second kappa shape index (κ2) is 42.2. The number of rotatable bonds is 29. The molecule has 1 saturated carbocycles. The molecule has 0 bridgehead atoms. The maximum Gasteiger partial charge on any atom is 0.338 e. The Morgan fingerprint density at radius 3 is 0.969 bits per heavy atom. The van der Waals surface area contributed by atoms with Crippen LogP contribution in [0.3, 0.4) is 0 Å². The van der Waals surface area contributed by atoms with E-state index in [4.69, 9.17) is 106 Å². The summed E-state index contributed by atoms with van der Waals surface area (Å²) < 4.78 is 97.7. The number of alkyl halides is 3. The van der Waals surface area contributed by atoms with Gasteiger partial charge in [-0.05, 0) is 177 Å². The molecule has 1 aliphatic carbocycles. The van der Waals surface area contributed by atoms with E-state index in [-0.39, 0.29) is 56.7 Å². The highest BCUT2D eigenvalue weighted by Gasteiger charge is 2.60. The van der Waals surface area contributed by atoms with Crippen LogP contribution in [0.5, 0.6) is 0 Å². The summed E-state index contributed by atoms with van der Waals surface area (Å²) in [6.07, 6.45) is -27.6. The molecule has 10 aromatic carbocycles. The fourth-order valence-corrected chi connectivity index (χ4v) is 14.5. The summed E-state index contributed by atoms with van der Waals surface area (Å²) in [5.74, 6) is -11.4. The predicted molar refractivity (Wildman–Crippen MR) is 465 cm³/mol. The van der Waals surface area contributed by atoms with Crippen LogP contribution in [0.1, 0.15) is 150 Å². The molecular weight excluding hydrogens is 1690 g/mol. The zero-order chi connectivity index (χ0) is 90.2. The first-order valence-corrected chi connectivity index (χ1v) is 42.0. The van der Waals surface area contributed by atoms with E-state index < -0.39 is 181 Å². The zero-order valence-corrected chi connectivity index (χ0v) is 72.6. The fraction of sp³-hybridized carbons (Fsp3) is 0.293. The summed E-state index contributed by atoms with van der Waals surface area (Å²) in [5, 5.41) is 9.31. The van der Waals surface area contributed by atoms with Gasteiger partial charge in [0.1, 0.15) is 37.1 Å². The average Bonchev–Trinajstić information content (AvgIpc) is 0.758. The van der Waals surface area contributed by atoms with E-state index in [1.807, 2.05) is 20.8 Å². The monoisotopic (exact) mass is 1780 g/mol. The maximum absolute atomic E-state index is 15.5. The molecule has 658 valence electrons. The first kappa shape index (κ1) is 92.2. The van der Waals surface area contributed by atoms with Gasteiger partial charge in [0.15, 0.2) is 42.9 Å². The smallest absolute Gasteiger partial charge is 0.338 e. The highest BCUT2D eigenvalue weighted by Crippen LogP contribution is 2.42. The lowest BCUT2D eigenvalue weighted by molar-refractivity contribution is -0.335. The third-order valence-electron chi connectivity index (χ3n) is 21.5. The second-order valence-electron chi connectivity index (χ2n) is 31.3. The first-order valence-electron chi connectivity index (χ1n) is 40.9. The van der Waals surface area contributed by atoms with Crippen LogP contribution in [-0.4, -0.2) is 169 Å². The number of carbonyl (C=O) groups excluding carboxylic acids is 9. The molecular formula is C99H92Cl3NO24. The van der Waals surface area contributed by atoms with Crippen LogP contribution in [0, 0.1) is 66.7 Å². The molecule has 0 spiro atoms. The Balaban J connectivity index is 0.999. The van der Waals surface area contributed by atoms with Gasteiger partial charge in [-0.3, -0.25) is 5.41 Å².